The summed E-state index contributed by atoms with van der Waals surface area (Å²) in [7, 11) is 0. The largest absolute Gasteiger partial charge is 0.507 e. The van der Waals surface area contributed by atoms with Crippen LogP contribution >= 0.6 is 28.1 Å². The second kappa shape index (κ2) is 7.20. The molecule has 5 nitrogen and oxygen atoms in total. The van der Waals surface area contributed by atoms with E-state index in [1.54, 1.807) is 12.1 Å². The highest BCUT2D eigenvalue weighted by Gasteiger charge is 2.21. The van der Waals surface area contributed by atoms with Gasteiger partial charge in [0.2, 0.25) is 0 Å². The zero-order chi connectivity index (χ0) is 15.4. The Balaban J connectivity index is 1.86. The smallest absolute Gasteiger partial charge is 0.251 e. The first kappa shape index (κ1) is 16.2. The number of carbonyl (C=O) groups is 1. The van der Waals surface area contributed by atoms with E-state index < -0.39 is 0 Å². The average molecular weight is 372 g/mol. The number of piperidine rings is 1. The Hall–Kier alpha value is -1.18. The summed E-state index contributed by atoms with van der Waals surface area (Å²) in [5.41, 5.74) is 5.99. The van der Waals surface area contributed by atoms with Gasteiger partial charge in [-0.1, -0.05) is 12.2 Å². The number of phenols is 1. The quantitative estimate of drug-likeness (QED) is 0.701. The molecule has 1 amide bonds. The van der Waals surface area contributed by atoms with Gasteiger partial charge in [-0.15, -0.1) is 0 Å². The Morgan fingerprint density at radius 2 is 2.14 bits per heavy atom. The third-order valence-electron chi connectivity index (χ3n) is 3.51. The van der Waals surface area contributed by atoms with Crippen LogP contribution in [0.4, 0.5) is 0 Å². The molecule has 1 aromatic carbocycles. The van der Waals surface area contributed by atoms with Crippen molar-refractivity contribution < 1.29 is 9.90 Å². The summed E-state index contributed by atoms with van der Waals surface area (Å²) in [4.78, 5) is 14.8. The van der Waals surface area contributed by atoms with E-state index in [4.69, 9.17) is 18.0 Å². The molecule has 2 rings (SSSR count). The second-order valence-electron chi connectivity index (χ2n) is 5.16. The van der Waals surface area contributed by atoms with Crippen LogP contribution in [-0.4, -0.2) is 46.6 Å². The average Bonchev–Trinajstić information content (AvgIpc) is 2.43. The molecule has 4 N–H and O–H groups in total. The molecule has 114 valence electrons. The van der Waals surface area contributed by atoms with Crippen LogP contribution in [0.3, 0.4) is 0 Å². The summed E-state index contributed by atoms with van der Waals surface area (Å²) in [5.74, 6) is -0.0977. The Labute approximate surface area is 137 Å². The number of nitrogens with zero attached hydrogens (tertiary/aromatic N) is 1. The van der Waals surface area contributed by atoms with Crippen molar-refractivity contribution in [2.24, 2.45) is 5.73 Å². The van der Waals surface area contributed by atoms with E-state index >= 15 is 0 Å². The standard InChI is InChI=1S/C14H18BrN3O2S/c15-11-2-1-9(7-12(11)19)14(20)17-10-3-5-18(6-4-10)8-13(16)21/h1-2,7,10,19H,3-6,8H2,(H2,16,21)(H,17,20). The van der Waals surface area contributed by atoms with Crippen molar-refractivity contribution >= 4 is 39.0 Å². The van der Waals surface area contributed by atoms with Gasteiger partial charge in [-0.25, -0.2) is 0 Å². The van der Waals surface area contributed by atoms with Crippen LogP contribution in [0.25, 0.3) is 0 Å². The molecule has 0 radical (unpaired) electrons. The first-order chi connectivity index (χ1) is 9.95. The topological polar surface area (TPSA) is 78.6 Å². The summed E-state index contributed by atoms with van der Waals surface area (Å²) in [6, 6.07) is 4.95. The first-order valence-corrected chi connectivity index (χ1v) is 7.96. The number of carbonyl (C=O) groups excluding carboxylic acids is 1. The lowest BCUT2D eigenvalue weighted by molar-refractivity contribution is 0.0914. The van der Waals surface area contributed by atoms with Gasteiger partial charge < -0.3 is 16.2 Å². The molecule has 0 aliphatic carbocycles. The van der Waals surface area contributed by atoms with Crippen molar-refractivity contribution in [3.63, 3.8) is 0 Å². The molecule has 1 aromatic rings. The van der Waals surface area contributed by atoms with Crippen molar-refractivity contribution in [2.45, 2.75) is 18.9 Å². The van der Waals surface area contributed by atoms with Gasteiger partial charge in [0, 0.05) is 31.2 Å². The lowest BCUT2D eigenvalue weighted by atomic mass is 10.0. The van der Waals surface area contributed by atoms with Gasteiger partial charge in [0.05, 0.1) is 9.46 Å². The normalized spacial score (nSPS) is 16.6. The number of likely N-dealkylation sites (tertiary alicyclic amines) is 1. The number of nitrogens with two attached hydrogens (primary N) is 1. The van der Waals surface area contributed by atoms with Crippen LogP contribution in [0.2, 0.25) is 0 Å². The molecule has 0 unspecified atom stereocenters. The number of aromatic hydroxyl groups is 1. The van der Waals surface area contributed by atoms with Gasteiger partial charge in [-0.3, -0.25) is 9.69 Å². The maximum atomic E-state index is 12.1. The van der Waals surface area contributed by atoms with E-state index in [1.807, 2.05) is 0 Å². The molecule has 1 heterocycles. The predicted molar refractivity (Wildman–Crippen MR) is 89.5 cm³/mol. The third kappa shape index (κ3) is 4.66. The minimum Gasteiger partial charge on any atom is -0.507 e. The number of hydrogen-bond donors (Lipinski definition) is 3. The lowest BCUT2D eigenvalue weighted by Gasteiger charge is -2.31. The summed E-state index contributed by atoms with van der Waals surface area (Å²) < 4.78 is 0.574. The van der Waals surface area contributed by atoms with E-state index in [0.717, 1.165) is 25.9 Å². The van der Waals surface area contributed by atoms with Gasteiger partial charge in [-0.05, 0) is 47.0 Å². The number of phenolic OH excluding ortho intramolecular Hbond substituents is 1. The van der Waals surface area contributed by atoms with Crippen molar-refractivity contribution in [1.82, 2.24) is 10.2 Å². The Bertz CT molecular complexity index is 545. The molecule has 0 spiro atoms. The fraction of sp³-hybridized carbons (Fsp3) is 0.429. The number of benzene rings is 1. The number of amides is 1. The number of thiocarbonyl (C=S) groups is 1. The maximum Gasteiger partial charge on any atom is 0.251 e. The van der Waals surface area contributed by atoms with Crippen LogP contribution in [0, 0.1) is 0 Å². The predicted octanol–water partition coefficient (Wildman–Crippen LogP) is 1.63. The van der Waals surface area contributed by atoms with Crippen LogP contribution in [0.15, 0.2) is 22.7 Å². The number of rotatable bonds is 4. The highest BCUT2D eigenvalue weighted by molar-refractivity contribution is 9.10. The molecule has 7 heteroatoms. The monoisotopic (exact) mass is 371 g/mol. The number of hydrogen-bond acceptors (Lipinski definition) is 4. The molecular formula is C14H18BrN3O2S. The van der Waals surface area contributed by atoms with E-state index in [0.29, 0.717) is 21.6 Å². The summed E-state index contributed by atoms with van der Waals surface area (Å²) in [6.07, 6.45) is 1.74. The van der Waals surface area contributed by atoms with Gasteiger partial charge >= 0.3 is 0 Å². The fourth-order valence-electron chi connectivity index (χ4n) is 2.38. The van der Waals surface area contributed by atoms with Crippen molar-refractivity contribution in [2.75, 3.05) is 19.6 Å². The minimum absolute atomic E-state index is 0.0638. The summed E-state index contributed by atoms with van der Waals surface area (Å²) in [6.45, 7) is 2.37. The fourth-order valence-corrected chi connectivity index (χ4v) is 2.81. The van der Waals surface area contributed by atoms with Crippen LogP contribution in [0.1, 0.15) is 23.2 Å². The zero-order valence-corrected chi connectivity index (χ0v) is 13.9. The molecule has 1 saturated heterocycles. The van der Waals surface area contributed by atoms with Crippen LogP contribution < -0.4 is 11.1 Å². The van der Waals surface area contributed by atoms with E-state index in [9.17, 15) is 9.90 Å². The molecule has 0 bridgehead atoms. The maximum absolute atomic E-state index is 12.1. The van der Waals surface area contributed by atoms with E-state index in [2.05, 4.69) is 26.1 Å². The van der Waals surface area contributed by atoms with Gasteiger partial charge in [-0.2, -0.15) is 0 Å². The zero-order valence-electron chi connectivity index (χ0n) is 11.5. The third-order valence-corrected chi connectivity index (χ3v) is 4.31. The molecule has 1 aliphatic rings. The minimum atomic E-state index is -0.161. The summed E-state index contributed by atoms with van der Waals surface area (Å²) in [5, 5.41) is 12.6. The highest BCUT2D eigenvalue weighted by atomic mass is 79.9. The molecule has 0 aromatic heterocycles. The van der Waals surface area contributed by atoms with Crippen LogP contribution in [-0.2, 0) is 0 Å². The van der Waals surface area contributed by atoms with Gasteiger partial charge in [0.15, 0.2) is 0 Å². The van der Waals surface area contributed by atoms with Crippen molar-refractivity contribution in [3.05, 3.63) is 28.2 Å². The van der Waals surface area contributed by atoms with Gasteiger partial charge in [0.1, 0.15) is 5.75 Å². The number of nitrogens with one attached hydrogen (secondary N) is 1. The SMILES string of the molecule is NC(=S)CN1CCC(NC(=O)c2ccc(Br)c(O)c2)CC1. The Morgan fingerprint density at radius 1 is 1.48 bits per heavy atom. The van der Waals surface area contributed by atoms with Crippen molar-refractivity contribution in [1.29, 1.82) is 0 Å². The van der Waals surface area contributed by atoms with E-state index in [1.165, 1.54) is 6.07 Å². The van der Waals surface area contributed by atoms with Crippen LogP contribution in [0.5, 0.6) is 5.75 Å². The molecule has 1 aliphatic heterocycles. The van der Waals surface area contributed by atoms with E-state index in [-0.39, 0.29) is 17.7 Å². The first-order valence-electron chi connectivity index (χ1n) is 6.75. The molecule has 1 fully saturated rings. The summed E-state index contributed by atoms with van der Waals surface area (Å²) >= 11 is 8.10. The Kier molecular flexibility index (Phi) is 5.55. The highest BCUT2D eigenvalue weighted by Crippen LogP contribution is 2.24. The number of halogens is 1. The molecule has 0 saturated carbocycles. The molecule has 21 heavy (non-hydrogen) atoms. The Morgan fingerprint density at radius 3 is 2.71 bits per heavy atom. The lowest BCUT2D eigenvalue weighted by Crippen LogP contribution is -2.46. The van der Waals surface area contributed by atoms with Gasteiger partial charge in [0.25, 0.3) is 5.91 Å². The van der Waals surface area contributed by atoms with Crippen molar-refractivity contribution in [3.8, 4) is 5.75 Å². The molecular weight excluding hydrogens is 354 g/mol. The second-order valence-corrected chi connectivity index (χ2v) is 6.54. The molecule has 0 atom stereocenters.